The number of nitrogens with one attached hydrogen (secondary N) is 1. The van der Waals surface area contributed by atoms with E-state index in [0.717, 1.165) is 24.3 Å². The zero-order chi connectivity index (χ0) is 13.4. The number of fused-ring (bicyclic) bond motifs is 2. The van der Waals surface area contributed by atoms with Crippen LogP contribution in [0.15, 0.2) is 18.2 Å². The van der Waals surface area contributed by atoms with Crippen LogP contribution >= 0.6 is 0 Å². The highest BCUT2D eigenvalue weighted by atomic mass is 19.1. The third-order valence-electron chi connectivity index (χ3n) is 5.02. The third kappa shape index (κ3) is 2.62. The molecule has 2 aliphatic rings. The number of aromatic hydroxyl groups is 1. The average molecular weight is 263 g/mol. The van der Waals surface area contributed by atoms with E-state index in [2.05, 4.69) is 5.32 Å². The second kappa shape index (κ2) is 5.12. The van der Waals surface area contributed by atoms with Crippen molar-refractivity contribution in [3.8, 4) is 5.75 Å². The van der Waals surface area contributed by atoms with Crippen LogP contribution in [0.25, 0.3) is 0 Å². The van der Waals surface area contributed by atoms with Crippen LogP contribution in [0.3, 0.4) is 0 Å². The molecule has 2 N–H and O–H groups in total. The SMILES string of the molecule is CC(NCC1CC2CCC1C2)c1ccc(O)cc1F. The summed E-state index contributed by atoms with van der Waals surface area (Å²) in [4.78, 5) is 0. The molecule has 0 spiro atoms. The molecule has 2 bridgehead atoms. The Labute approximate surface area is 114 Å². The van der Waals surface area contributed by atoms with Crippen LogP contribution in [-0.2, 0) is 0 Å². The maximum absolute atomic E-state index is 13.8. The molecule has 1 aromatic carbocycles. The molecule has 4 atom stereocenters. The summed E-state index contributed by atoms with van der Waals surface area (Å²) in [6.45, 7) is 2.98. The summed E-state index contributed by atoms with van der Waals surface area (Å²) in [6, 6.07) is 4.40. The van der Waals surface area contributed by atoms with Crippen LogP contribution in [0.1, 0.15) is 44.2 Å². The van der Waals surface area contributed by atoms with Crippen LogP contribution in [0.5, 0.6) is 5.75 Å². The lowest BCUT2D eigenvalue weighted by Crippen LogP contribution is -2.29. The van der Waals surface area contributed by atoms with Crippen molar-refractivity contribution in [3.05, 3.63) is 29.6 Å². The van der Waals surface area contributed by atoms with Crippen molar-refractivity contribution in [1.29, 1.82) is 0 Å². The Bertz CT molecular complexity index is 462. The first-order valence-electron chi connectivity index (χ1n) is 7.35. The molecule has 2 saturated carbocycles. The van der Waals surface area contributed by atoms with E-state index in [1.807, 2.05) is 6.92 Å². The van der Waals surface area contributed by atoms with E-state index in [1.165, 1.54) is 31.7 Å². The lowest BCUT2D eigenvalue weighted by Gasteiger charge is -2.24. The quantitative estimate of drug-likeness (QED) is 0.869. The molecule has 0 saturated heterocycles. The third-order valence-corrected chi connectivity index (χ3v) is 5.02. The average Bonchev–Trinajstić information content (AvgIpc) is 2.98. The fourth-order valence-corrected chi connectivity index (χ4v) is 3.93. The first-order chi connectivity index (χ1) is 9.13. The predicted molar refractivity (Wildman–Crippen MR) is 73.4 cm³/mol. The molecule has 1 aromatic rings. The minimum atomic E-state index is -0.326. The fraction of sp³-hybridized carbons (Fsp3) is 0.625. The van der Waals surface area contributed by atoms with Crippen molar-refractivity contribution in [2.24, 2.45) is 17.8 Å². The van der Waals surface area contributed by atoms with E-state index in [-0.39, 0.29) is 17.6 Å². The Hall–Kier alpha value is -1.09. The second-order valence-electron chi connectivity index (χ2n) is 6.27. The van der Waals surface area contributed by atoms with Gasteiger partial charge in [0, 0.05) is 17.7 Å². The summed E-state index contributed by atoms with van der Waals surface area (Å²) in [5, 5.41) is 12.7. The molecule has 0 amide bonds. The predicted octanol–water partition coefficient (Wildman–Crippen LogP) is 3.62. The topological polar surface area (TPSA) is 32.3 Å². The molecule has 3 rings (SSSR count). The molecule has 4 unspecified atom stereocenters. The lowest BCUT2D eigenvalue weighted by molar-refractivity contribution is 0.308. The van der Waals surface area contributed by atoms with Crippen LogP contribution in [0.2, 0.25) is 0 Å². The lowest BCUT2D eigenvalue weighted by atomic mass is 9.88. The number of hydrogen-bond donors (Lipinski definition) is 2. The Balaban J connectivity index is 1.57. The standard InChI is InChI=1S/C16H22FNO/c1-10(15-5-4-14(19)8-16(15)17)18-9-13-7-11-2-3-12(13)6-11/h4-5,8,10-13,18-19H,2-3,6-7,9H2,1H3. The van der Waals surface area contributed by atoms with Gasteiger partial charge in [-0.05, 0) is 56.6 Å². The molecule has 0 radical (unpaired) electrons. The molecular weight excluding hydrogens is 241 g/mol. The van der Waals surface area contributed by atoms with Crippen LogP contribution in [0, 0.1) is 23.6 Å². The van der Waals surface area contributed by atoms with Crippen molar-refractivity contribution in [3.63, 3.8) is 0 Å². The molecule has 2 fully saturated rings. The largest absolute Gasteiger partial charge is 0.508 e. The molecule has 19 heavy (non-hydrogen) atoms. The van der Waals surface area contributed by atoms with E-state index in [1.54, 1.807) is 12.1 Å². The van der Waals surface area contributed by atoms with Crippen LogP contribution in [0.4, 0.5) is 4.39 Å². The van der Waals surface area contributed by atoms with Gasteiger partial charge in [0.2, 0.25) is 0 Å². The summed E-state index contributed by atoms with van der Waals surface area (Å²) in [5.41, 5.74) is 0.640. The summed E-state index contributed by atoms with van der Waals surface area (Å²) in [7, 11) is 0. The van der Waals surface area contributed by atoms with Gasteiger partial charge in [-0.1, -0.05) is 12.5 Å². The number of phenols is 1. The van der Waals surface area contributed by atoms with E-state index in [9.17, 15) is 9.50 Å². The second-order valence-corrected chi connectivity index (χ2v) is 6.27. The smallest absolute Gasteiger partial charge is 0.131 e. The van der Waals surface area contributed by atoms with Gasteiger partial charge >= 0.3 is 0 Å². The highest BCUT2D eigenvalue weighted by molar-refractivity contribution is 5.29. The van der Waals surface area contributed by atoms with Gasteiger partial charge in [0.05, 0.1) is 0 Å². The van der Waals surface area contributed by atoms with Gasteiger partial charge in [-0.15, -0.1) is 0 Å². The number of rotatable bonds is 4. The van der Waals surface area contributed by atoms with Crippen molar-refractivity contribution in [2.75, 3.05) is 6.54 Å². The van der Waals surface area contributed by atoms with Gasteiger partial charge < -0.3 is 10.4 Å². The summed E-state index contributed by atoms with van der Waals surface area (Å²) in [5.74, 6) is 2.29. The summed E-state index contributed by atoms with van der Waals surface area (Å²) < 4.78 is 13.8. The van der Waals surface area contributed by atoms with E-state index in [0.29, 0.717) is 5.56 Å². The zero-order valence-corrected chi connectivity index (χ0v) is 11.4. The van der Waals surface area contributed by atoms with Gasteiger partial charge in [0.1, 0.15) is 11.6 Å². The molecule has 0 aliphatic heterocycles. The van der Waals surface area contributed by atoms with Crippen molar-refractivity contribution in [2.45, 2.75) is 38.6 Å². The van der Waals surface area contributed by atoms with Gasteiger partial charge in [0.25, 0.3) is 0 Å². The van der Waals surface area contributed by atoms with Gasteiger partial charge in [-0.3, -0.25) is 0 Å². The molecule has 0 heterocycles. The molecule has 0 aromatic heterocycles. The van der Waals surface area contributed by atoms with Gasteiger partial charge in [0.15, 0.2) is 0 Å². The molecule has 2 nitrogen and oxygen atoms in total. The molecule has 104 valence electrons. The van der Waals surface area contributed by atoms with E-state index in [4.69, 9.17) is 0 Å². The number of halogens is 1. The first kappa shape index (κ1) is 12.9. The Morgan fingerprint density at radius 3 is 2.84 bits per heavy atom. The van der Waals surface area contributed by atoms with E-state index < -0.39 is 0 Å². The number of benzene rings is 1. The van der Waals surface area contributed by atoms with Crippen molar-refractivity contribution in [1.82, 2.24) is 5.32 Å². The Morgan fingerprint density at radius 2 is 2.21 bits per heavy atom. The highest BCUT2D eigenvalue weighted by Gasteiger charge is 2.39. The first-order valence-corrected chi connectivity index (χ1v) is 7.35. The highest BCUT2D eigenvalue weighted by Crippen LogP contribution is 2.48. The minimum Gasteiger partial charge on any atom is -0.508 e. The maximum Gasteiger partial charge on any atom is 0.131 e. The van der Waals surface area contributed by atoms with Crippen LogP contribution < -0.4 is 5.32 Å². The fourth-order valence-electron chi connectivity index (χ4n) is 3.93. The zero-order valence-electron chi connectivity index (χ0n) is 11.4. The summed E-state index contributed by atoms with van der Waals surface area (Å²) in [6.07, 6.45) is 5.57. The minimum absolute atomic E-state index is 0.000253. The van der Waals surface area contributed by atoms with Crippen molar-refractivity contribution < 1.29 is 9.50 Å². The molecule has 3 heteroatoms. The normalized spacial score (nSPS) is 30.7. The maximum atomic E-state index is 13.8. The number of phenolic OH excluding ortho intramolecular Hbond substituents is 1. The van der Waals surface area contributed by atoms with Gasteiger partial charge in [-0.2, -0.15) is 0 Å². The monoisotopic (exact) mass is 263 g/mol. The summed E-state index contributed by atoms with van der Waals surface area (Å²) >= 11 is 0. The molecular formula is C16H22FNO. The van der Waals surface area contributed by atoms with Crippen molar-refractivity contribution >= 4 is 0 Å². The van der Waals surface area contributed by atoms with E-state index >= 15 is 0 Å². The van der Waals surface area contributed by atoms with Crippen LogP contribution in [-0.4, -0.2) is 11.7 Å². The van der Waals surface area contributed by atoms with Gasteiger partial charge in [-0.25, -0.2) is 4.39 Å². The Kier molecular flexibility index (Phi) is 3.48. The molecule has 2 aliphatic carbocycles. The number of hydrogen-bond acceptors (Lipinski definition) is 2. The Morgan fingerprint density at radius 1 is 1.37 bits per heavy atom.